The number of thiophene rings is 1. The van der Waals surface area contributed by atoms with Crippen molar-refractivity contribution in [3.05, 3.63) is 21.9 Å². The van der Waals surface area contributed by atoms with Crippen molar-refractivity contribution < 1.29 is 14.3 Å². The average Bonchev–Trinajstić information content (AvgIpc) is 3.44. The first-order chi connectivity index (χ1) is 17.5. The summed E-state index contributed by atoms with van der Waals surface area (Å²) in [5.74, 6) is 0.843. The predicted molar refractivity (Wildman–Crippen MR) is 145 cm³/mol. The van der Waals surface area contributed by atoms with Gasteiger partial charge in [0.05, 0.1) is 10.9 Å². The van der Waals surface area contributed by atoms with E-state index in [9.17, 15) is 9.59 Å². The molecule has 6 nitrogen and oxygen atoms in total. The highest BCUT2D eigenvalue weighted by atomic mass is 32.1. The summed E-state index contributed by atoms with van der Waals surface area (Å²) in [6.45, 7) is 8.87. The van der Waals surface area contributed by atoms with Crippen LogP contribution in [0.1, 0.15) is 98.5 Å². The minimum Gasteiger partial charge on any atom is -0.440 e. The van der Waals surface area contributed by atoms with Crippen LogP contribution in [0, 0.1) is 12.8 Å². The minimum atomic E-state index is -0.300. The second-order valence-electron chi connectivity index (χ2n) is 11.7. The molecule has 1 aromatic heterocycles. The number of likely N-dealkylation sites (tertiary alicyclic amines) is 2. The molecule has 7 heteroatoms. The number of hydrogen-bond acceptors (Lipinski definition) is 5. The Morgan fingerprint density at radius 2 is 1.78 bits per heavy atom. The van der Waals surface area contributed by atoms with Gasteiger partial charge < -0.3 is 14.5 Å². The first-order valence-corrected chi connectivity index (χ1v) is 15.4. The number of hydrogen-bond donors (Lipinski definition) is 0. The highest BCUT2D eigenvalue weighted by Crippen LogP contribution is 2.43. The Kier molecular flexibility index (Phi) is 8.26. The monoisotopic (exact) mass is 515 g/mol. The van der Waals surface area contributed by atoms with E-state index in [0.29, 0.717) is 12.0 Å². The quantitative estimate of drug-likeness (QED) is 0.441. The SMILES string of the molecule is CCCCC1N(CC2CCCCC2)C(=O)OC12CCN(C1CCN(C(=O)c3ccc(C)s3)CC1)CC2. The number of carbonyl (C=O) groups excluding carboxylic acids is 2. The van der Waals surface area contributed by atoms with Crippen LogP contribution in [0.15, 0.2) is 12.1 Å². The van der Waals surface area contributed by atoms with Gasteiger partial charge >= 0.3 is 6.09 Å². The molecule has 1 spiro atoms. The van der Waals surface area contributed by atoms with Gasteiger partial charge in [0.25, 0.3) is 5.91 Å². The van der Waals surface area contributed by atoms with Crippen LogP contribution in [0.5, 0.6) is 0 Å². The van der Waals surface area contributed by atoms with Crippen molar-refractivity contribution in [1.29, 1.82) is 0 Å². The van der Waals surface area contributed by atoms with Gasteiger partial charge in [-0.15, -0.1) is 11.3 Å². The molecule has 1 aliphatic carbocycles. The smallest absolute Gasteiger partial charge is 0.410 e. The van der Waals surface area contributed by atoms with Crippen LogP contribution in [0.25, 0.3) is 0 Å². The van der Waals surface area contributed by atoms with E-state index in [1.54, 1.807) is 11.3 Å². The summed E-state index contributed by atoms with van der Waals surface area (Å²) in [7, 11) is 0. The molecule has 3 aliphatic heterocycles. The third kappa shape index (κ3) is 5.47. The van der Waals surface area contributed by atoms with Crippen molar-refractivity contribution >= 4 is 23.3 Å². The molecule has 1 unspecified atom stereocenters. The summed E-state index contributed by atoms with van der Waals surface area (Å²) in [4.78, 5) is 34.9. The van der Waals surface area contributed by atoms with E-state index in [2.05, 4.69) is 23.6 Å². The standard InChI is InChI=1S/C29H45N3O3S/c1-3-4-10-26-29(35-28(34)32(26)21-23-8-6-5-7-9-23)15-19-30(20-16-29)24-13-17-31(18-14-24)27(33)25-12-11-22(2)36-25/h11-12,23-24,26H,3-10,13-21H2,1-2H3. The van der Waals surface area contributed by atoms with Gasteiger partial charge in [-0.05, 0) is 57.1 Å². The maximum Gasteiger partial charge on any atom is 0.410 e. The van der Waals surface area contributed by atoms with Gasteiger partial charge in [0.1, 0.15) is 5.60 Å². The predicted octanol–water partition coefficient (Wildman–Crippen LogP) is 6.09. The second kappa shape index (κ2) is 11.4. The topological polar surface area (TPSA) is 53.1 Å². The van der Waals surface area contributed by atoms with E-state index in [0.717, 1.165) is 82.5 Å². The molecule has 4 fully saturated rings. The molecule has 2 amide bonds. The molecule has 0 N–H and O–H groups in total. The van der Waals surface area contributed by atoms with Crippen molar-refractivity contribution in [2.75, 3.05) is 32.7 Å². The van der Waals surface area contributed by atoms with Crippen LogP contribution in [0.2, 0.25) is 0 Å². The van der Waals surface area contributed by atoms with Crippen molar-refractivity contribution in [3.63, 3.8) is 0 Å². The van der Waals surface area contributed by atoms with Crippen molar-refractivity contribution in [1.82, 2.24) is 14.7 Å². The number of unbranched alkanes of at least 4 members (excludes halogenated alkanes) is 1. The van der Waals surface area contributed by atoms with Crippen molar-refractivity contribution in [2.45, 2.75) is 109 Å². The number of rotatable bonds is 7. The molecule has 0 bridgehead atoms. The fraction of sp³-hybridized carbons (Fsp3) is 0.793. The third-order valence-electron chi connectivity index (χ3n) is 9.38. The molecule has 5 rings (SSSR count). The van der Waals surface area contributed by atoms with Crippen LogP contribution in [-0.2, 0) is 4.74 Å². The lowest BCUT2D eigenvalue weighted by Crippen LogP contribution is -2.56. The Labute approximate surface area is 221 Å². The largest absolute Gasteiger partial charge is 0.440 e. The molecule has 1 atom stereocenters. The van der Waals surface area contributed by atoms with Gasteiger partial charge in [-0.1, -0.05) is 39.0 Å². The molecular formula is C29H45N3O3S. The Bertz CT molecular complexity index is 895. The lowest BCUT2D eigenvalue weighted by atomic mass is 9.80. The maximum absolute atomic E-state index is 13.2. The molecule has 1 aromatic rings. The zero-order valence-corrected chi connectivity index (χ0v) is 23.2. The van der Waals surface area contributed by atoms with E-state index in [4.69, 9.17) is 4.74 Å². The fourth-order valence-corrected chi connectivity index (χ4v) is 8.06. The lowest BCUT2D eigenvalue weighted by Gasteiger charge is -2.46. The summed E-state index contributed by atoms with van der Waals surface area (Å²) in [6.07, 6.45) is 13.8. The van der Waals surface area contributed by atoms with Gasteiger partial charge in [0, 0.05) is 56.5 Å². The van der Waals surface area contributed by atoms with Gasteiger partial charge in [-0.3, -0.25) is 9.69 Å². The maximum atomic E-state index is 13.2. The first kappa shape index (κ1) is 26.0. The Hall–Kier alpha value is -1.60. The highest BCUT2D eigenvalue weighted by Gasteiger charge is 2.55. The number of amides is 2. The number of nitrogens with zero attached hydrogens (tertiary/aromatic N) is 3. The third-order valence-corrected chi connectivity index (χ3v) is 10.4. The summed E-state index contributed by atoms with van der Waals surface area (Å²) >= 11 is 1.60. The molecule has 4 heterocycles. The molecule has 36 heavy (non-hydrogen) atoms. The van der Waals surface area contributed by atoms with Gasteiger partial charge in [-0.2, -0.15) is 0 Å². The Morgan fingerprint density at radius 3 is 2.42 bits per heavy atom. The molecular weight excluding hydrogens is 470 g/mol. The molecule has 200 valence electrons. The van der Waals surface area contributed by atoms with Crippen molar-refractivity contribution in [3.8, 4) is 0 Å². The van der Waals surface area contributed by atoms with Crippen LogP contribution in [0.4, 0.5) is 4.79 Å². The number of aryl methyl sites for hydroxylation is 1. The lowest BCUT2D eigenvalue weighted by molar-refractivity contribution is -0.0385. The van der Waals surface area contributed by atoms with E-state index >= 15 is 0 Å². The number of piperidine rings is 2. The van der Waals surface area contributed by atoms with E-state index in [1.165, 1.54) is 37.0 Å². The fourth-order valence-electron chi connectivity index (χ4n) is 7.22. The van der Waals surface area contributed by atoms with Gasteiger partial charge in [0.15, 0.2) is 0 Å². The zero-order chi connectivity index (χ0) is 25.1. The average molecular weight is 516 g/mol. The molecule has 3 saturated heterocycles. The molecule has 4 aliphatic rings. The number of carbonyl (C=O) groups is 2. The summed E-state index contributed by atoms with van der Waals surface area (Å²) < 4.78 is 6.30. The van der Waals surface area contributed by atoms with E-state index < -0.39 is 0 Å². The molecule has 0 radical (unpaired) electrons. The van der Waals surface area contributed by atoms with Gasteiger partial charge in [-0.25, -0.2) is 4.79 Å². The molecule has 0 aromatic carbocycles. The first-order valence-electron chi connectivity index (χ1n) is 14.6. The molecule has 1 saturated carbocycles. The van der Waals surface area contributed by atoms with E-state index in [-0.39, 0.29) is 23.6 Å². The van der Waals surface area contributed by atoms with Crippen LogP contribution in [0.3, 0.4) is 0 Å². The highest BCUT2D eigenvalue weighted by molar-refractivity contribution is 7.13. The van der Waals surface area contributed by atoms with Crippen molar-refractivity contribution in [2.24, 2.45) is 5.92 Å². The van der Waals surface area contributed by atoms with Crippen LogP contribution < -0.4 is 0 Å². The summed E-state index contributed by atoms with van der Waals surface area (Å²) in [6, 6.07) is 4.77. The Balaban J connectivity index is 1.17. The second-order valence-corrected chi connectivity index (χ2v) is 13.0. The summed E-state index contributed by atoms with van der Waals surface area (Å²) in [5, 5.41) is 0. The van der Waals surface area contributed by atoms with Gasteiger partial charge in [0.2, 0.25) is 0 Å². The van der Waals surface area contributed by atoms with Crippen LogP contribution in [-0.4, -0.2) is 77.1 Å². The Morgan fingerprint density at radius 1 is 1.06 bits per heavy atom. The normalized spacial score (nSPS) is 26.1. The van der Waals surface area contributed by atoms with E-state index in [1.807, 2.05) is 17.0 Å². The zero-order valence-electron chi connectivity index (χ0n) is 22.4. The summed E-state index contributed by atoms with van der Waals surface area (Å²) in [5.41, 5.74) is -0.300. The minimum absolute atomic E-state index is 0.0502. The van der Waals surface area contributed by atoms with Crippen LogP contribution >= 0.6 is 11.3 Å². The number of ether oxygens (including phenoxy) is 1.